The standard InChI is InChI=1S/C16H25N3O2/c1-3-12(2)14(20)11-18-16(21)13-6-7-15(17-10-13)19-8-4-5-9-19/h6-7,10,12,14,20H,3-5,8-9,11H2,1-2H3,(H,18,21). The number of carbonyl (C=O) groups is 1. The zero-order chi connectivity index (χ0) is 15.2. The summed E-state index contributed by atoms with van der Waals surface area (Å²) in [5.41, 5.74) is 0.536. The van der Waals surface area contributed by atoms with Crippen LogP contribution in [0.4, 0.5) is 5.82 Å². The summed E-state index contributed by atoms with van der Waals surface area (Å²) < 4.78 is 0. The number of aliphatic hydroxyl groups excluding tert-OH is 1. The molecule has 0 aliphatic carbocycles. The summed E-state index contributed by atoms with van der Waals surface area (Å²) in [5, 5.41) is 12.6. The number of nitrogens with one attached hydrogen (secondary N) is 1. The average molecular weight is 291 g/mol. The first-order chi connectivity index (χ1) is 10.1. The molecule has 0 radical (unpaired) electrons. The fourth-order valence-electron chi connectivity index (χ4n) is 2.43. The Bertz CT molecular complexity index is 455. The number of aliphatic hydroxyl groups is 1. The normalized spacial score (nSPS) is 17.6. The lowest BCUT2D eigenvalue weighted by atomic mass is 10.0. The van der Waals surface area contributed by atoms with Crippen LogP contribution in [0.5, 0.6) is 0 Å². The van der Waals surface area contributed by atoms with Crippen molar-refractivity contribution in [2.75, 3.05) is 24.5 Å². The van der Waals surface area contributed by atoms with Crippen molar-refractivity contribution in [1.29, 1.82) is 0 Å². The third-order valence-electron chi connectivity index (χ3n) is 4.21. The Morgan fingerprint density at radius 1 is 1.43 bits per heavy atom. The second-order valence-corrected chi connectivity index (χ2v) is 5.76. The summed E-state index contributed by atoms with van der Waals surface area (Å²) >= 11 is 0. The summed E-state index contributed by atoms with van der Waals surface area (Å²) in [5.74, 6) is 0.933. The summed E-state index contributed by atoms with van der Waals surface area (Å²) in [4.78, 5) is 18.6. The van der Waals surface area contributed by atoms with Gasteiger partial charge in [0.15, 0.2) is 0 Å². The van der Waals surface area contributed by atoms with Crippen molar-refractivity contribution >= 4 is 11.7 Å². The lowest BCUT2D eigenvalue weighted by Crippen LogP contribution is -2.35. The summed E-state index contributed by atoms with van der Waals surface area (Å²) in [6.07, 6.45) is 4.41. The van der Waals surface area contributed by atoms with Gasteiger partial charge in [-0.25, -0.2) is 4.98 Å². The fraction of sp³-hybridized carbons (Fsp3) is 0.625. The van der Waals surface area contributed by atoms with E-state index in [9.17, 15) is 9.90 Å². The van der Waals surface area contributed by atoms with E-state index in [0.29, 0.717) is 5.56 Å². The number of pyridine rings is 1. The van der Waals surface area contributed by atoms with Crippen molar-refractivity contribution in [3.05, 3.63) is 23.9 Å². The molecule has 1 aromatic heterocycles. The van der Waals surface area contributed by atoms with Crippen molar-refractivity contribution in [3.63, 3.8) is 0 Å². The summed E-state index contributed by atoms with van der Waals surface area (Å²) in [6.45, 7) is 6.36. The minimum Gasteiger partial charge on any atom is -0.391 e. The third kappa shape index (κ3) is 4.17. The van der Waals surface area contributed by atoms with Crippen LogP contribution in [0.25, 0.3) is 0 Å². The maximum absolute atomic E-state index is 12.0. The van der Waals surface area contributed by atoms with Crippen molar-refractivity contribution in [1.82, 2.24) is 10.3 Å². The maximum atomic E-state index is 12.0. The highest BCUT2D eigenvalue weighted by atomic mass is 16.3. The van der Waals surface area contributed by atoms with Crippen LogP contribution in [0, 0.1) is 5.92 Å². The number of rotatable bonds is 6. The van der Waals surface area contributed by atoms with Gasteiger partial charge in [-0.2, -0.15) is 0 Å². The highest BCUT2D eigenvalue weighted by Gasteiger charge is 2.16. The first-order valence-electron chi connectivity index (χ1n) is 7.79. The zero-order valence-electron chi connectivity index (χ0n) is 12.9. The molecule has 1 saturated heterocycles. The number of hydrogen-bond acceptors (Lipinski definition) is 4. The van der Waals surface area contributed by atoms with E-state index in [1.54, 1.807) is 12.3 Å². The van der Waals surface area contributed by atoms with Crippen LogP contribution >= 0.6 is 0 Å². The third-order valence-corrected chi connectivity index (χ3v) is 4.21. The monoisotopic (exact) mass is 291 g/mol. The molecule has 1 amide bonds. The van der Waals surface area contributed by atoms with Crippen LogP contribution in [0.2, 0.25) is 0 Å². The van der Waals surface area contributed by atoms with Crippen LogP contribution in [0.1, 0.15) is 43.5 Å². The van der Waals surface area contributed by atoms with Gasteiger partial charge < -0.3 is 15.3 Å². The van der Waals surface area contributed by atoms with Crippen LogP contribution in [0.3, 0.4) is 0 Å². The molecule has 2 atom stereocenters. The van der Waals surface area contributed by atoms with Gasteiger partial charge in [0.05, 0.1) is 11.7 Å². The molecule has 2 N–H and O–H groups in total. The lowest BCUT2D eigenvalue weighted by Gasteiger charge is -2.18. The summed E-state index contributed by atoms with van der Waals surface area (Å²) in [7, 11) is 0. The minimum absolute atomic E-state index is 0.181. The molecule has 1 aliphatic heterocycles. The van der Waals surface area contributed by atoms with Crippen LogP contribution < -0.4 is 10.2 Å². The van der Waals surface area contributed by atoms with E-state index in [4.69, 9.17) is 0 Å². The van der Waals surface area contributed by atoms with Gasteiger partial charge in [-0.1, -0.05) is 20.3 Å². The molecule has 2 unspecified atom stereocenters. The quantitative estimate of drug-likeness (QED) is 0.839. The van der Waals surface area contributed by atoms with E-state index in [1.807, 2.05) is 19.9 Å². The smallest absolute Gasteiger partial charge is 0.252 e. The molecule has 0 bridgehead atoms. The average Bonchev–Trinajstić information content (AvgIpc) is 3.06. The number of amides is 1. The Morgan fingerprint density at radius 3 is 2.71 bits per heavy atom. The first kappa shape index (κ1) is 15.8. The Kier molecular flexibility index (Phi) is 5.56. The Morgan fingerprint density at radius 2 is 2.14 bits per heavy atom. The van der Waals surface area contributed by atoms with Gasteiger partial charge in [0, 0.05) is 25.8 Å². The number of nitrogens with zero attached hydrogens (tertiary/aromatic N) is 2. The molecule has 2 rings (SSSR count). The second kappa shape index (κ2) is 7.41. The van der Waals surface area contributed by atoms with Gasteiger partial charge in [0.2, 0.25) is 0 Å². The molecule has 116 valence electrons. The predicted octanol–water partition coefficient (Wildman–Crippen LogP) is 1.82. The van der Waals surface area contributed by atoms with Crippen LogP contribution in [-0.4, -0.2) is 41.7 Å². The van der Waals surface area contributed by atoms with Crippen molar-refractivity contribution in [3.8, 4) is 0 Å². The van der Waals surface area contributed by atoms with Gasteiger partial charge in [0.1, 0.15) is 5.82 Å². The predicted molar refractivity (Wildman–Crippen MR) is 83.5 cm³/mol. The van der Waals surface area contributed by atoms with E-state index in [0.717, 1.165) is 25.3 Å². The highest BCUT2D eigenvalue weighted by Crippen LogP contribution is 2.17. The molecular formula is C16H25N3O2. The van der Waals surface area contributed by atoms with Gasteiger partial charge >= 0.3 is 0 Å². The molecule has 1 fully saturated rings. The fourth-order valence-corrected chi connectivity index (χ4v) is 2.43. The zero-order valence-corrected chi connectivity index (χ0v) is 12.9. The molecule has 5 nitrogen and oxygen atoms in total. The molecule has 5 heteroatoms. The SMILES string of the molecule is CCC(C)C(O)CNC(=O)c1ccc(N2CCCC2)nc1. The highest BCUT2D eigenvalue weighted by molar-refractivity contribution is 5.94. The number of anilines is 1. The van der Waals surface area contributed by atoms with Crippen molar-refractivity contribution in [2.45, 2.75) is 39.2 Å². The van der Waals surface area contributed by atoms with Gasteiger partial charge in [-0.15, -0.1) is 0 Å². The van der Waals surface area contributed by atoms with Gasteiger partial charge in [0.25, 0.3) is 5.91 Å². The first-order valence-corrected chi connectivity index (χ1v) is 7.79. The number of aromatic nitrogens is 1. The Hall–Kier alpha value is -1.62. The molecule has 21 heavy (non-hydrogen) atoms. The maximum Gasteiger partial charge on any atom is 0.252 e. The summed E-state index contributed by atoms with van der Waals surface area (Å²) in [6, 6.07) is 3.69. The largest absolute Gasteiger partial charge is 0.391 e. The molecule has 0 saturated carbocycles. The van der Waals surface area contributed by atoms with E-state index in [-0.39, 0.29) is 18.4 Å². The second-order valence-electron chi connectivity index (χ2n) is 5.76. The molecule has 1 aliphatic rings. The number of carbonyl (C=O) groups excluding carboxylic acids is 1. The molecular weight excluding hydrogens is 266 g/mol. The molecule has 0 aromatic carbocycles. The van der Waals surface area contributed by atoms with Crippen molar-refractivity contribution in [2.24, 2.45) is 5.92 Å². The van der Waals surface area contributed by atoms with Gasteiger partial charge in [-0.05, 0) is 30.9 Å². The Balaban J connectivity index is 1.87. The topological polar surface area (TPSA) is 65.5 Å². The van der Waals surface area contributed by atoms with E-state index in [2.05, 4.69) is 15.2 Å². The molecule has 0 spiro atoms. The van der Waals surface area contributed by atoms with E-state index in [1.165, 1.54) is 12.8 Å². The Labute approximate surface area is 126 Å². The van der Waals surface area contributed by atoms with Gasteiger partial charge in [-0.3, -0.25) is 4.79 Å². The molecule has 2 heterocycles. The minimum atomic E-state index is -0.504. The number of hydrogen-bond donors (Lipinski definition) is 2. The van der Waals surface area contributed by atoms with E-state index < -0.39 is 6.10 Å². The van der Waals surface area contributed by atoms with Crippen molar-refractivity contribution < 1.29 is 9.90 Å². The van der Waals surface area contributed by atoms with Crippen LogP contribution in [0.15, 0.2) is 18.3 Å². The molecule has 1 aromatic rings. The van der Waals surface area contributed by atoms with E-state index >= 15 is 0 Å². The lowest BCUT2D eigenvalue weighted by molar-refractivity contribution is 0.0850. The van der Waals surface area contributed by atoms with Crippen LogP contribution in [-0.2, 0) is 0 Å².